The number of carbonyl (C=O) groups is 1. The number of ketones is 1. The summed E-state index contributed by atoms with van der Waals surface area (Å²) < 4.78 is 46.1. The Morgan fingerprint density at radius 1 is 1.15 bits per heavy atom. The molecule has 0 spiro atoms. The minimum absolute atomic E-state index is 0.0734. The number of aliphatic hydroxyl groups excluding tert-OH is 3. The van der Waals surface area contributed by atoms with Crippen LogP contribution in [-0.4, -0.2) is 88.9 Å². The van der Waals surface area contributed by atoms with Crippen LogP contribution in [0.5, 0.6) is 0 Å². The van der Waals surface area contributed by atoms with Gasteiger partial charge in [-0.2, -0.15) is 13.2 Å². The largest absolute Gasteiger partial charge is 0.416 e. The molecule has 10 heteroatoms. The zero-order valence-electron chi connectivity index (χ0n) is 27.7. The summed E-state index contributed by atoms with van der Waals surface area (Å²) in [5, 5.41) is 43.4. The number of benzene rings is 2. The first-order valence-electron chi connectivity index (χ1n) is 16.6. The first-order chi connectivity index (χ1) is 22.2. The predicted molar refractivity (Wildman–Crippen MR) is 174 cm³/mol. The first-order valence-corrected chi connectivity index (χ1v) is 16.6. The van der Waals surface area contributed by atoms with Gasteiger partial charge in [0, 0.05) is 49.9 Å². The molecule has 1 fully saturated rings. The van der Waals surface area contributed by atoms with Gasteiger partial charge in [-0.05, 0) is 93.5 Å². The molecule has 260 valence electrons. The number of alkyl halides is 3. The highest BCUT2D eigenvalue weighted by Gasteiger charge is 2.57. The number of nitrogens with zero attached hydrogens (tertiary/aromatic N) is 1. The van der Waals surface area contributed by atoms with Crippen molar-refractivity contribution >= 4 is 5.78 Å². The summed E-state index contributed by atoms with van der Waals surface area (Å²) in [4.78, 5) is 16.1. The van der Waals surface area contributed by atoms with Crippen molar-refractivity contribution in [3.05, 3.63) is 81.9 Å². The molecule has 0 radical (unpaired) electrons. The van der Waals surface area contributed by atoms with Crippen LogP contribution < -0.4 is 0 Å². The lowest BCUT2D eigenvalue weighted by Crippen LogP contribution is -2.54. The van der Waals surface area contributed by atoms with Crippen molar-refractivity contribution in [2.75, 3.05) is 40.0 Å². The van der Waals surface area contributed by atoms with Gasteiger partial charge < -0.3 is 25.2 Å². The Balaban J connectivity index is 1.82. The lowest BCUT2D eigenvalue weighted by Gasteiger charge is -2.46. The lowest BCUT2D eigenvalue weighted by molar-refractivity contribution is -0.137. The predicted octanol–water partition coefficient (Wildman–Crippen LogP) is 5.67. The molecule has 5 rings (SSSR count). The van der Waals surface area contributed by atoms with E-state index in [-0.39, 0.29) is 30.1 Å². The smallest absolute Gasteiger partial charge is 0.394 e. The van der Waals surface area contributed by atoms with Crippen LogP contribution in [-0.2, 0) is 17.3 Å². The molecule has 7 nitrogen and oxygen atoms in total. The maximum absolute atomic E-state index is 14.2. The Morgan fingerprint density at radius 3 is 2.62 bits per heavy atom. The quantitative estimate of drug-likeness (QED) is 0.140. The number of ether oxygens (including phenoxy) is 1. The van der Waals surface area contributed by atoms with Gasteiger partial charge in [0.1, 0.15) is 0 Å². The van der Waals surface area contributed by atoms with Crippen molar-refractivity contribution in [2.45, 2.75) is 95.1 Å². The van der Waals surface area contributed by atoms with Crippen molar-refractivity contribution in [3.63, 3.8) is 0 Å². The molecular formula is C37H50F3NO6. The minimum atomic E-state index is -4.61. The van der Waals surface area contributed by atoms with Gasteiger partial charge in [-0.3, -0.25) is 9.69 Å². The van der Waals surface area contributed by atoms with E-state index in [0.29, 0.717) is 75.6 Å². The molecule has 3 aliphatic rings. The first kappa shape index (κ1) is 37.2. The van der Waals surface area contributed by atoms with E-state index in [4.69, 9.17) is 4.74 Å². The van der Waals surface area contributed by atoms with Gasteiger partial charge in [0.2, 0.25) is 0 Å². The molecule has 2 bridgehead atoms. The van der Waals surface area contributed by atoms with E-state index in [2.05, 4.69) is 6.08 Å². The lowest BCUT2D eigenvalue weighted by atomic mass is 9.64. The summed E-state index contributed by atoms with van der Waals surface area (Å²) in [6.45, 7) is 5.08. The normalized spacial score (nSPS) is 26.1. The van der Waals surface area contributed by atoms with Crippen LogP contribution in [0.15, 0.2) is 54.1 Å². The number of hydrogen-bond donors (Lipinski definition) is 4. The summed E-state index contributed by atoms with van der Waals surface area (Å²) in [5.41, 5.74) is -0.174. The SMILES string of the molecule is COCCCN(C[C@H](O)CO)C[C@]1(O)CC[C@H]2c3ccc(cc3C(=O)c3cccc(C(F)(F)F)c3)C[C@@H](O)CCC(C)=CCC[C@@]21C. The second kappa shape index (κ2) is 15.7. The van der Waals surface area contributed by atoms with Gasteiger partial charge in [-0.25, -0.2) is 0 Å². The number of aliphatic hydroxyl groups is 4. The van der Waals surface area contributed by atoms with E-state index < -0.39 is 47.4 Å². The fraction of sp³-hybridized carbons (Fsp3) is 0.595. The molecule has 0 heterocycles. The number of carbonyl (C=O) groups excluding carboxylic acids is 1. The van der Waals surface area contributed by atoms with Crippen LogP contribution in [0.4, 0.5) is 13.2 Å². The maximum atomic E-state index is 14.2. The van der Waals surface area contributed by atoms with E-state index in [1.54, 1.807) is 13.2 Å². The van der Waals surface area contributed by atoms with E-state index >= 15 is 0 Å². The van der Waals surface area contributed by atoms with Crippen molar-refractivity contribution in [1.29, 1.82) is 0 Å². The van der Waals surface area contributed by atoms with Gasteiger partial charge >= 0.3 is 6.18 Å². The minimum Gasteiger partial charge on any atom is -0.394 e. The van der Waals surface area contributed by atoms with Crippen molar-refractivity contribution in [2.24, 2.45) is 5.41 Å². The Labute approximate surface area is 276 Å². The molecule has 0 amide bonds. The van der Waals surface area contributed by atoms with E-state index in [0.717, 1.165) is 17.7 Å². The Hall–Kier alpha value is -2.60. The van der Waals surface area contributed by atoms with Gasteiger partial charge in [-0.15, -0.1) is 0 Å². The third-order valence-corrected chi connectivity index (χ3v) is 10.4. The average molecular weight is 662 g/mol. The third-order valence-electron chi connectivity index (χ3n) is 10.4. The highest BCUT2D eigenvalue weighted by Crippen LogP contribution is 2.59. The topological polar surface area (TPSA) is 110 Å². The van der Waals surface area contributed by atoms with E-state index in [9.17, 15) is 38.4 Å². The fourth-order valence-electron chi connectivity index (χ4n) is 7.58. The van der Waals surface area contributed by atoms with Crippen LogP contribution >= 0.6 is 0 Å². The van der Waals surface area contributed by atoms with Gasteiger partial charge in [0.25, 0.3) is 0 Å². The van der Waals surface area contributed by atoms with Gasteiger partial charge in [0.05, 0.1) is 30.0 Å². The average Bonchev–Trinajstić information content (AvgIpc) is 3.28. The zero-order chi connectivity index (χ0) is 34.4. The Bertz CT molecular complexity index is 1400. The Kier molecular flexibility index (Phi) is 12.5. The summed E-state index contributed by atoms with van der Waals surface area (Å²) >= 11 is 0. The number of rotatable bonds is 11. The summed E-state index contributed by atoms with van der Waals surface area (Å²) in [5.74, 6) is -0.841. The summed E-state index contributed by atoms with van der Waals surface area (Å²) in [6, 6.07) is 9.90. The fourth-order valence-corrected chi connectivity index (χ4v) is 7.58. The van der Waals surface area contributed by atoms with Gasteiger partial charge in [-0.1, -0.05) is 42.8 Å². The second-order valence-corrected chi connectivity index (χ2v) is 13.8. The Morgan fingerprint density at radius 2 is 1.91 bits per heavy atom. The number of fused-ring (bicyclic) bond motifs is 8. The molecule has 0 saturated heterocycles. The van der Waals surface area contributed by atoms with Crippen LogP contribution in [0, 0.1) is 5.41 Å². The van der Waals surface area contributed by atoms with Crippen LogP contribution in [0.3, 0.4) is 0 Å². The van der Waals surface area contributed by atoms with Crippen molar-refractivity contribution in [1.82, 2.24) is 4.90 Å². The number of halogens is 3. The molecule has 0 aliphatic heterocycles. The monoisotopic (exact) mass is 661 g/mol. The van der Waals surface area contributed by atoms with Crippen molar-refractivity contribution < 1.29 is 43.1 Å². The highest BCUT2D eigenvalue weighted by molar-refractivity contribution is 6.10. The molecule has 3 aliphatic carbocycles. The molecule has 1 saturated carbocycles. The molecule has 5 atom stereocenters. The summed E-state index contributed by atoms with van der Waals surface area (Å²) in [7, 11) is 1.61. The molecular weight excluding hydrogens is 611 g/mol. The number of hydrogen-bond acceptors (Lipinski definition) is 7. The highest BCUT2D eigenvalue weighted by atomic mass is 19.4. The molecule has 4 N–H and O–H groups in total. The van der Waals surface area contributed by atoms with Crippen LogP contribution in [0.2, 0.25) is 0 Å². The third kappa shape index (κ3) is 8.90. The number of allylic oxidation sites excluding steroid dienone is 2. The summed E-state index contributed by atoms with van der Waals surface area (Å²) in [6.07, 6.45) is 0.230. The standard InChI is InChI=1S/C37H50F3NO6/c1-25-7-5-15-35(2)33(14-16-36(35,46)24-41(17-6-18-47-3)22-30(44)23-42)31-13-11-26(19-29(43)12-10-25)20-32(31)34(45)27-8-4-9-28(21-27)37(38,39)40/h4,7-9,11,13,20-21,29-30,33,42-44,46H,5-6,10,12,14-19,22-24H2,1-3H3/t29-,30-,33-,35-,36+/m0/s1. The molecule has 0 aromatic heterocycles. The van der Waals surface area contributed by atoms with Gasteiger partial charge in [0.15, 0.2) is 5.78 Å². The molecule has 47 heavy (non-hydrogen) atoms. The van der Waals surface area contributed by atoms with E-state index in [1.165, 1.54) is 12.1 Å². The molecule has 0 unspecified atom stereocenters. The molecule has 2 aromatic carbocycles. The van der Waals surface area contributed by atoms with Crippen LogP contribution in [0.25, 0.3) is 0 Å². The van der Waals surface area contributed by atoms with Crippen LogP contribution in [0.1, 0.15) is 97.3 Å². The maximum Gasteiger partial charge on any atom is 0.416 e. The van der Waals surface area contributed by atoms with E-state index in [1.807, 2.05) is 30.9 Å². The van der Waals surface area contributed by atoms with Crippen molar-refractivity contribution in [3.8, 4) is 0 Å². The second-order valence-electron chi connectivity index (χ2n) is 13.8. The zero-order valence-corrected chi connectivity index (χ0v) is 27.7. The number of methoxy groups -OCH3 is 1. The molecule has 2 aromatic rings.